The van der Waals surface area contributed by atoms with E-state index in [1.54, 1.807) is 6.92 Å². The van der Waals surface area contributed by atoms with Crippen LogP contribution in [-0.2, 0) is 0 Å². The van der Waals surface area contributed by atoms with Gasteiger partial charge >= 0.3 is 0 Å². The third-order valence-corrected chi connectivity index (χ3v) is 3.33. The summed E-state index contributed by atoms with van der Waals surface area (Å²) in [4.78, 5) is 0. The number of benzene rings is 1. The van der Waals surface area contributed by atoms with E-state index < -0.39 is 17.6 Å². The minimum absolute atomic E-state index is 0.183. The Morgan fingerprint density at radius 2 is 2.05 bits per heavy atom. The third kappa shape index (κ3) is 4.49. The van der Waals surface area contributed by atoms with Crippen molar-refractivity contribution in [2.45, 2.75) is 58.2 Å². The Bertz CT molecular complexity index is 457. The molecule has 110 valence electrons. The van der Waals surface area contributed by atoms with Crippen molar-refractivity contribution in [3.63, 3.8) is 0 Å². The Labute approximate surface area is 121 Å². The van der Waals surface area contributed by atoms with Crippen molar-refractivity contribution in [1.29, 1.82) is 0 Å². The van der Waals surface area contributed by atoms with Gasteiger partial charge in [0.15, 0.2) is 13.5 Å². The number of aliphatic hydroxyl groups excluding tert-OH is 1. The monoisotopic (exact) mass is 280 g/mol. The molecule has 0 heterocycles. The van der Waals surface area contributed by atoms with Crippen molar-refractivity contribution in [3.8, 4) is 5.75 Å². The summed E-state index contributed by atoms with van der Waals surface area (Å²) in [7, 11) is 5.38. The zero-order valence-corrected chi connectivity index (χ0v) is 12.5. The highest BCUT2D eigenvalue weighted by atomic mass is 19.1. The van der Waals surface area contributed by atoms with Gasteiger partial charge in [-0.1, -0.05) is 20.3 Å². The van der Waals surface area contributed by atoms with Crippen LogP contribution in [-0.4, -0.2) is 29.8 Å². The van der Waals surface area contributed by atoms with E-state index in [1.165, 1.54) is 19.1 Å². The largest absolute Gasteiger partial charge is 0.472 e. The van der Waals surface area contributed by atoms with Gasteiger partial charge in [0.25, 0.3) is 0 Å². The van der Waals surface area contributed by atoms with Crippen molar-refractivity contribution in [2.75, 3.05) is 0 Å². The van der Waals surface area contributed by atoms with Crippen LogP contribution in [0.2, 0.25) is 0 Å². The summed E-state index contributed by atoms with van der Waals surface area (Å²) in [5, 5.41) is 19.6. The maximum Gasteiger partial charge on any atom is 0.172 e. The number of halogens is 1. The summed E-state index contributed by atoms with van der Waals surface area (Å²) >= 11 is 0. The van der Waals surface area contributed by atoms with Gasteiger partial charge in [-0.2, -0.15) is 0 Å². The van der Waals surface area contributed by atoms with Crippen molar-refractivity contribution in [2.24, 2.45) is 0 Å². The van der Waals surface area contributed by atoms with Crippen LogP contribution < -0.4 is 4.74 Å². The lowest BCUT2D eigenvalue weighted by atomic mass is 9.89. The van der Waals surface area contributed by atoms with Gasteiger partial charge < -0.3 is 14.9 Å². The lowest BCUT2D eigenvalue weighted by Crippen LogP contribution is -2.32. The van der Waals surface area contributed by atoms with Crippen LogP contribution in [0.4, 0.5) is 4.39 Å². The molecule has 0 aromatic heterocycles. The first-order valence-electron chi connectivity index (χ1n) is 6.84. The number of ether oxygens (including phenoxy) is 1. The van der Waals surface area contributed by atoms with Crippen LogP contribution in [0.3, 0.4) is 0 Å². The number of hydrogen-bond acceptors (Lipinski definition) is 3. The van der Waals surface area contributed by atoms with Gasteiger partial charge in [-0.15, -0.1) is 0 Å². The van der Waals surface area contributed by atoms with Gasteiger partial charge in [-0.25, -0.2) is 4.39 Å². The van der Waals surface area contributed by atoms with E-state index in [2.05, 4.69) is 0 Å². The van der Waals surface area contributed by atoms with Crippen molar-refractivity contribution < 1.29 is 19.3 Å². The maximum atomic E-state index is 13.7. The molecule has 1 aromatic rings. The average Bonchev–Trinajstić information content (AvgIpc) is 2.31. The molecule has 3 atom stereocenters. The highest BCUT2D eigenvalue weighted by molar-refractivity contribution is 6.13. The second kappa shape index (κ2) is 6.59. The van der Waals surface area contributed by atoms with Crippen LogP contribution in [0.15, 0.2) is 12.1 Å². The number of hydrogen-bond donors (Lipinski definition) is 2. The van der Waals surface area contributed by atoms with Gasteiger partial charge in [0.05, 0.1) is 6.10 Å². The second-order valence-electron chi connectivity index (χ2n) is 5.42. The van der Waals surface area contributed by atoms with Crippen molar-refractivity contribution in [1.82, 2.24) is 0 Å². The van der Waals surface area contributed by atoms with Gasteiger partial charge in [0, 0.05) is 12.0 Å². The Morgan fingerprint density at radius 1 is 1.45 bits per heavy atom. The zero-order chi connectivity index (χ0) is 15.5. The molecular weight excluding hydrogens is 258 g/mol. The summed E-state index contributed by atoms with van der Waals surface area (Å²) in [6.07, 6.45) is 0.939. The summed E-state index contributed by atoms with van der Waals surface area (Å²) in [6, 6.07) is 2.57. The molecular formula is C15H22BFO3. The minimum atomic E-state index is -1.87. The van der Waals surface area contributed by atoms with Crippen LogP contribution >= 0.6 is 0 Å². The molecule has 0 amide bonds. The fraction of sp³-hybridized carbons (Fsp3) is 0.600. The topological polar surface area (TPSA) is 49.7 Å². The molecule has 2 N–H and O–H groups in total. The van der Waals surface area contributed by atoms with E-state index in [-0.39, 0.29) is 11.7 Å². The fourth-order valence-corrected chi connectivity index (χ4v) is 2.23. The normalized spacial score (nSPS) is 17.4. The molecule has 1 unspecified atom stereocenters. The van der Waals surface area contributed by atoms with Crippen molar-refractivity contribution >= 4 is 7.85 Å². The Balaban J connectivity index is 3.14. The van der Waals surface area contributed by atoms with Gasteiger partial charge in [0.2, 0.25) is 0 Å². The molecule has 1 rings (SSSR count). The SMILES string of the molecule is [B]C(C)(O)Oc1cc(F)cc([C@@H](C)[C@H](O)CCC)c1C. The van der Waals surface area contributed by atoms with E-state index in [0.29, 0.717) is 17.5 Å². The summed E-state index contributed by atoms with van der Waals surface area (Å²) in [5.41, 5.74) is -0.550. The predicted molar refractivity (Wildman–Crippen MR) is 77.5 cm³/mol. The molecule has 3 nitrogen and oxygen atoms in total. The third-order valence-electron chi connectivity index (χ3n) is 3.33. The van der Waals surface area contributed by atoms with E-state index in [4.69, 9.17) is 12.6 Å². The molecule has 20 heavy (non-hydrogen) atoms. The fourth-order valence-electron chi connectivity index (χ4n) is 2.23. The zero-order valence-electron chi connectivity index (χ0n) is 12.5. The maximum absolute atomic E-state index is 13.7. The standard InChI is InChI=1S/C15H22BFO3/c1-5-6-13(18)9(2)12-7-11(17)8-14(10(12)3)20-15(4,16)19/h7-9,13,18-19H,5-6H2,1-4H3/t9-,13-,15?/m1/s1. The first-order chi connectivity index (χ1) is 9.15. The molecule has 0 saturated heterocycles. The van der Waals surface area contributed by atoms with Gasteiger partial charge in [-0.05, 0) is 37.5 Å². The molecule has 0 bridgehead atoms. The van der Waals surface area contributed by atoms with Crippen LogP contribution in [0.5, 0.6) is 5.75 Å². The predicted octanol–water partition coefficient (Wildman–Crippen LogP) is 2.61. The Hall–Kier alpha value is -1.07. The molecule has 0 spiro atoms. The summed E-state index contributed by atoms with van der Waals surface area (Å²) < 4.78 is 18.9. The van der Waals surface area contributed by atoms with E-state index in [9.17, 15) is 14.6 Å². The molecule has 0 saturated carbocycles. The van der Waals surface area contributed by atoms with Crippen LogP contribution in [0, 0.1) is 12.7 Å². The minimum Gasteiger partial charge on any atom is -0.472 e. The number of rotatable bonds is 6. The first kappa shape index (κ1) is 17.0. The lowest BCUT2D eigenvalue weighted by Gasteiger charge is -2.26. The second-order valence-corrected chi connectivity index (χ2v) is 5.42. The lowest BCUT2D eigenvalue weighted by molar-refractivity contribution is -0.0455. The van der Waals surface area contributed by atoms with E-state index in [1.807, 2.05) is 13.8 Å². The van der Waals surface area contributed by atoms with Crippen LogP contribution in [0.1, 0.15) is 50.7 Å². The van der Waals surface area contributed by atoms with E-state index >= 15 is 0 Å². The van der Waals surface area contributed by atoms with E-state index in [0.717, 1.165) is 6.42 Å². The molecule has 0 aliphatic heterocycles. The highest BCUT2D eigenvalue weighted by Crippen LogP contribution is 2.32. The smallest absolute Gasteiger partial charge is 0.172 e. The summed E-state index contributed by atoms with van der Waals surface area (Å²) in [5.74, 6) is -0.529. The molecule has 1 aromatic carbocycles. The van der Waals surface area contributed by atoms with Crippen LogP contribution in [0.25, 0.3) is 0 Å². The Kier molecular flexibility index (Phi) is 5.60. The molecule has 2 radical (unpaired) electrons. The molecule has 5 heteroatoms. The average molecular weight is 280 g/mol. The Morgan fingerprint density at radius 3 is 2.55 bits per heavy atom. The first-order valence-corrected chi connectivity index (χ1v) is 6.84. The molecule has 0 aliphatic rings. The molecule has 0 aliphatic carbocycles. The highest BCUT2D eigenvalue weighted by Gasteiger charge is 2.22. The van der Waals surface area contributed by atoms with Gasteiger partial charge in [-0.3, -0.25) is 0 Å². The number of aliphatic hydroxyl groups is 2. The van der Waals surface area contributed by atoms with Crippen molar-refractivity contribution in [3.05, 3.63) is 29.1 Å². The summed E-state index contributed by atoms with van der Waals surface area (Å²) in [6.45, 7) is 6.85. The molecule has 0 fully saturated rings. The van der Waals surface area contributed by atoms with Gasteiger partial charge in [0.1, 0.15) is 11.6 Å². The quantitative estimate of drug-likeness (QED) is 0.622.